The van der Waals surface area contributed by atoms with E-state index in [4.69, 9.17) is 4.74 Å². The third kappa shape index (κ3) is 3.50. The number of carbonyl (C=O) groups excluding carboxylic acids is 1. The molecule has 0 fully saturated rings. The van der Waals surface area contributed by atoms with Crippen molar-refractivity contribution in [1.82, 2.24) is 14.7 Å². The van der Waals surface area contributed by atoms with Gasteiger partial charge in [-0.2, -0.15) is 0 Å². The summed E-state index contributed by atoms with van der Waals surface area (Å²) in [4.78, 5) is 17.5. The highest BCUT2D eigenvalue weighted by Gasteiger charge is 2.38. The third-order valence-corrected chi connectivity index (χ3v) is 3.29. The monoisotopic (exact) mass is 267 g/mol. The van der Waals surface area contributed by atoms with Gasteiger partial charge in [0, 0.05) is 52.9 Å². The number of nitrogens with zero attached hydrogens (tertiary/aromatic N) is 3. The van der Waals surface area contributed by atoms with Gasteiger partial charge in [-0.25, -0.2) is 0 Å². The maximum atomic E-state index is 11.4. The van der Waals surface area contributed by atoms with E-state index in [1.807, 2.05) is 58.2 Å². The largest absolute Gasteiger partial charge is 0.440 e. The van der Waals surface area contributed by atoms with Crippen LogP contribution in [0.3, 0.4) is 0 Å². The van der Waals surface area contributed by atoms with E-state index in [0.717, 1.165) is 11.4 Å². The first-order valence-electron chi connectivity index (χ1n) is 6.33. The Morgan fingerprint density at radius 2 is 1.74 bits per heavy atom. The summed E-state index contributed by atoms with van der Waals surface area (Å²) in [7, 11) is 11.8. The quantitative estimate of drug-likeness (QED) is 0.563. The fourth-order valence-electron chi connectivity index (χ4n) is 2.04. The van der Waals surface area contributed by atoms with Gasteiger partial charge < -0.3 is 14.5 Å². The zero-order valence-corrected chi connectivity index (χ0v) is 13.0. The normalized spacial score (nSPS) is 22.7. The van der Waals surface area contributed by atoms with Crippen molar-refractivity contribution in [3.8, 4) is 0 Å². The van der Waals surface area contributed by atoms with Crippen LogP contribution in [-0.4, -0.2) is 68.7 Å². The van der Waals surface area contributed by atoms with Crippen LogP contribution in [0.25, 0.3) is 0 Å². The van der Waals surface area contributed by atoms with Crippen LogP contribution in [0.1, 0.15) is 13.3 Å². The number of esters is 1. The van der Waals surface area contributed by atoms with Crippen molar-refractivity contribution < 1.29 is 9.53 Å². The van der Waals surface area contributed by atoms with Gasteiger partial charge in [0.2, 0.25) is 0 Å². The molecule has 0 aromatic heterocycles. The van der Waals surface area contributed by atoms with E-state index in [-0.39, 0.29) is 5.97 Å². The molecule has 0 bridgehead atoms. The number of carbonyl (C=O) groups is 1. The molecule has 1 aliphatic rings. The lowest BCUT2D eigenvalue weighted by Gasteiger charge is -2.41. The van der Waals surface area contributed by atoms with Gasteiger partial charge in [0.05, 0.1) is 0 Å². The van der Waals surface area contributed by atoms with Crippen molar-refractivity contribution in [3.05, 3.63) is 23.5 Å². The van der Waals surface area contributed by atoms with Gasteiger partial charge in [-0.15, -0.1) is 0 Å². The fraction of sp³-hybridized carbons (Fsp3) is 0.643. The van der Waals surface area contributed by atoms with Crippen LogP contribution in [0.4, 0.5) is 0 Å². The molecule has 0 spiro atoms. The SMILES string of the molecule is CC(=O)OC1(N(C)C)C=C(N(C)C)C=C(N(C)C)C1. The molecule has 19 heavy (non-hydrogen) atoms. The highest BCUT2D eigenvalue weighted by Crippen LogP contribution is 2.33. The molecule has 1 unspecified atom stereocenters. The average Bonchev–Trinajstić information content (AvgIpc) is 2.27. The lowest BCUT2D eigenvalue weighted by Crippen LogP contribution is -2.49. The van der Waals surface area contributed by atoms with Gasteiger partial charge in [0.1, 0.15) is 0 Å². The van der Waals surface area contributed by atoms with Crippen molar-refractivity contribution in [2.24, 2.45) is 0 Å². The minimum Gasteiger partial charge on any atom is -0.440 e. The maximum absolute atomic E-state index is 11.4. The Balaban J connectivity index is 3.25. The van der Waals surface area contributed by atoms with Crippen molar-refractivity contribution in [2.45, 2.75) is 19.1 Å². The number of allylic oxidation sites excluding steroid dienone is 1. The molecular weight excluding hydrogens is 242 g/mol. The molecule has 0 amide bonds. The van der Waals surface area contributed by atoms with Crippen molar-refractivity contribution in [3.63, 3.8) is 0 Å². The summed E-state index contributed by atoms with van der Waals surface area (Å²) < 4.78 is 5.62. The summed E-state index contributed by atoms with van der Waals surface area (Å²) in [5.74, 6) is -0.275. The molecule has 0 saturated carbocycles. The number of likely N-dealkylation sites (N-methyl/N-ethyl adjacent to an activating group) is 2. The molecule has 1 rings (SSSR count). The smallest absolute Gasteiger partial charge is 0.304 e. The zero-order valence-electron chi connectivity index (χ0n) is 13.0. The first-order valence-corrected chi connectivity index (χ1v) is 6.33. The van der Waals surface area contributed by atoms with Crippen LogP contribution >= 0.6 is 0 Å². The van der Waals surface area contributed by atoms with Gasteiger partial charge in [0.25, 0.3) is 0 Å². The molecule has 108 valence electrons. The van der Waals surface area contributed by atoms with Crippen LogP contribution < -0.4 is 0 Å². The number of hydrogen-bond donors (Lipinski definition) is 0. The molecular formula is C14H25N3O2. The van der Waals surface area contributed by atoms with Gasteiger partial charge in [-0.1, -0.05) is 0 Å². The molecule has 0 aromatic rings. The summed E-state index contributed by atoms with van der Waals surface area (Å²) in [5, 5.41) is 0. The standard InChI is InChI=1S/C14H25N3O2/c1-11(18)19-14(17(6)7)9-12(15(2)3)8-13(10-14)16(4)5/h8-9H,10H2,1-7H3. The molecule has 0 N–H and O–H groups in total. The third-order valence-electron chi connectivity index (χ3n) is 3.29. The van der Waals surface area contributed by atoms with Crippen molar-refractivity contribution in [2.75, 3.05) is 42.3 Å². The van der Waals surface area contributed by atoms with Crippen LogP contribution in [0.5, 0.6) is 0 Å². The van der Waals surface area contributed by atoms with Gasteiger partial charge in [-0.3, -0.25) is 9.69 Å². The van der Waals surface area contributed by atoms with E-state index in [0.29, 0.717) is 6.42 Å². The lowest BCUT2D eigenvalue weighted by atomic mass is 9.97. The molecule has 0 radical (unpaired) electrons. The van der Waals surface area contributed by atoms with Crippen LogP contribution in [0, 0.1) is 0 Å². The minimum atomic E-state index is -0.722. The fourth-order valence-corrected chi connectivity index (χ4v) is 2.04. The van der Waals surface area contributed by atoms with Crippen LogP contribution in [0.2, 0.25) is 0 Å². The average molecular weight is 267 g/mol. The summed E-state index contributed by atoms with van der Waals surface area (Å²) in [6, 6.07) is 0. The molecule has 0 heterocycles. The first-order chi connectivity index (χ1) is 8.68. The Kier molecular flexibility index (Phi) is 4.63. The predicted molar refractivity (Wildman–Crippen MR) is 76.3 cm³/mol. The summed E-state index contributed by atoms with van der Waals surface area (Å²) in [5.41, 5.74) is 1.44. The molecule has 1 aliphatic carbocycles. The predicted octanol–water partition coefficient (Wildman–Crippen LogP) is 1.10. The first kappa shape index (κ1) is 15.6. The molecule has 5 nitrogen and oxygen atoms in total. The second-order valence-electron chi connectivity index (χ2n) is 5.50. The van der Waals surface area contributed by atoms with E-state index in [9.17, 15) is 4.79 Å². The van der Waals surface area contributed by atoms with Crippen molar-refractivity contribution in [1.29, 1.82) is 0 Å². The van der Waals surface area contributed by atoms with Crippen molar-refractivity contribution >= 4 is 5.97 Å². The van der Waals surface area contributed by atoms with Gasteiger partial charge in [-0.05, 0) is 26.2 Å². The van der Waals surface area contributed by atoms with E-state index < -0.39 is 5.72 Å². The topological polar surface area (TPSA) is 36.0 Å². The van der Waals surface area contributed by atoms with Gasteiger partial charge in [0.15, 0.2) is 5.72 Å². The highest BCUT2D eigenvalue weighted by atomic mass is 16.6. The Morgan fingerprint density at radius 1 is 1.16 bits per heavy atom. The highest BCUT2D eigenvalue weighted by molar-refractivity contribution is 5.67. The Hall–Kier alpha value is -1.49. The second-order valence-corrected chi connectivity index (χ2v) is 5.50. The summed E-state index contributed by atoms with van der Waals surface area (Å²) >= 11 is 0. The maximum Gasteiger partial charge on any atom is 0.304 e. The number of hydrogen-bond acceptors (Lipinski definition) is 5. The van der Waals surface area contributed by atoms with Gasteiger partial charge >= 0.3 is 5.97 Å². The molecule has 5 heteroatoms. The minimum absolute atomic E-state index is 0.275. The Labute approximate surface area is 116 Å². The van der Waals surface area contributed by atoms with E-state index in [2.05, 4.69) is 11.0 Å². The molecule has 0 aliphatic heterocycles. The Morgan fingerprint density at radius 3 is 2.11 bits per heavy atom. The number of ether oxygens (including phenoxy) is 1. The zero-order chi connectivity index (χ0) is 14.8. The number of rotatable bonds is 4. The second kappa shape index (κ2) is 5.65. The van der Waals surface area contributed by atoms with E-state index >= 15 is 0 Å². The van der Waals surface area contributed by atoms with Crippen LogP contribution in [0.15, 0.2) is 23.5 Å². The van der Waals surface area contributed by atoms with E-state index in [1.165, 1.54) is 6.92 Å². The summed E-state index contributed by atoms with van der Waals surface area (Å²) in [6.07, 6.45) is 4.76. The van der Waals surface area contributed by atoms with E-state index in [1.54, 1.807) is 0 Å². The molecule has 0 saturated heterocycles. The molecule has 1 atom stereocenters. The van der Waals surface area contributed by atoms with Crippen LogP contribution in [-0.2, 0) is 9.53 Å². The Bertz CT molecular complexity index is 411. The summed E-state index contributed by atoms with van der Waals surface area (Å²) in [6.45, 7) is 1.45. The lowest BCUT2D eigenvalue weighted by molar-refractivity contribution is -0.167. The molecule has 0 aromatic carbocycles.